The van der Waals surface area contributed by atoms with Crippen LogP contribution in [0.25, 0.3) is 16.9 Å². The van der Waals surface area contributed by atoms with Gasteiger partial charge in [-0.05, 0) is 28.1 Å². The molecule has 1 amide bonds. The first kappa shape index (κ1) is 13.5. The number of amides is 1. The number of hydrogen-bond donors (Lipinski definition) is 2. The molecule has 0 aromatic carbocycles. The van der Waals surface area contributed by atoms with Crippen LogP contribution in [0.3, 0.4) is 0 Å². The summed E-state index contributed by atoms with van der Waals surface area (Å²) >= 11 is 3.26. The number of halogens is 1. The Hall–Kier alpha value is -2.48. The molecule has 21 heavy (non-hydrogen) atoms. The average molecular weight is 347 g/mol. The van der Waals surface area contributed by atoms with Crippen LogP contribution < -0.4 is 11.1 Å². The number of carbonyl (C=O) groups is 1. The van der Waals surface area contributed by atoms with E-state index in [1.165, 1.54) is 6.92 Å². The third-order valence-corrected chi connectivity index (χ3v) is 3.39. The van der Waals surface area contributed by atoms with Crippen molar-refractivity contribution >= 4 is 39.1 Å². The molecule has 0 saturated carbocycles. The molecule has 8 heteroatoms. The number of pyridine rings is 1. The number of imidazole rings is 1. The normalized spacial score (nSPS) is 10.8. The Kier molecular flexibility index (Phi) is 3.30. The van der Waals surface area contributed by atoms with Gasteiger partial charge in [0.15, 0.2) is 11.6 Å². The lowest BCUT2D eigenvalue weighted by molar-refractivity contribution is -0.114. The van der Waals surface area contributed by atoms with Crippen LogP contribution in [0.5, 0.6) is 0 Å². The van der Waals surface area contributed by atoms with Gasteiger partial charge in [-0.1, -0.05) is 0 Å². The number of hydrogen-bond acceptors (Lipinski definition) is 5. The molecular weight excluding hydrogens is 336 g/mol. The Morgan fingerprint density at radius 3 is 2.86 bits per heavy atom. The predicted octanol–water partition coefficient (Wildman–Crippen LogP) is 2.09. The molecule has 3 rings (SSSR count). The van der Waals surface area contributed by atoms with Gasteiger partial charge in [0.25, 0.3) is 0 Å². The number of nitrogen functional groups attached to an aromatic ring is 1. The number of nitrogens with zero attached hydrogens (tertiary/aromatic N) is 4. The average Bonchev–Trinajstić information content (AvgIpc) is 2.82. The molecule has 3 N–H and O–H groups in total. The minimum absolute atomic E-state index is 0.160. The number of nitrogens with two attached hydrogens (primary N) is 1. The van der Waals surface area contributed by atoms with E-state index in [9.17, 15) is 4.79 Å². The topological polar surface area (TPSA) is 98.2 Å². The number of rotatable bonds is 2. The van der Waals surface area contributed by atoms with Crippen LogP contribution in [0, 0.1) is 0 Å². The Labute approximate surface area is 128 Å². The van der Waals surface area contributed by atoms with E-state index < -0.39 is 0 Å². The third-order valence-electron chi connectivity index (χ3n) is 2.81. The molecule has 0 fully saturated rings. The molecule has 7 nitrogen and oxygen atoms in total. The summed E-state index contributed by atoms with van der Waals surface area (Å²) in [4.78, 5) is 23.7. The predicted molar refractivity (Wildman–Crippen MR) is 82.6 cm³/mol. The van der Waals surface area contributed by atoms with Gasteiger partial charge in [-0.25, -0.2) is 15.0 Å². The molecule has 3 aromatic rings. The van der Waals surface area contributed by atoms with Crippen molar-refractivity contribution < 1.29 is 4.79 Å². The summed E-state index contributed by atoms with van der Waals surface area (Å²) in [5, 5.41) is 2.65. The van der Waals surface area contributed by atoms with Gasteiger partial charge in [0, 0.05) is 18.7 Å². The van der Waals surface area contributed by atoms with E-state index in [0.717, 1.165) is 11.2 Å². The number of fused-ring (bicyclic) bond motifs is 1. The first-order valence-corrected chi connectivity index (χ1v) is 6.87. The van der Waals surface area contributed by atoms with Crippen molar-refractivity contribution in [2.75, 3.05) is 11.1 Å². The van der Waals surface area contributed by atoms with Crippen LogP contribution in [0.2, 0.25) is 0 Å². The zero-order valence-electron chi connectivity index (χ0n) is 11.0. The van der Waals surface area contributed by atoms with Crippen LogP contribution in [-0.2, 0) is 4.79 Å². The summed E-state index contributed by atoms with van der Waals surface area (Å²) in [6.45, 7) is 1.44. The zero-order valence-corrected chi connectivity index (χ0v) is 12.6. The van der Waals surface area contributed by atoms with Crippen molar-refractivity contribution in [2.24, 2.45) is 0 Å². The summed E-state index contributed by atoms with van der Waals surface area (Å²) in [6.07, 6.45) is 5.20. The Bertz CT molecular complexity index is 844. The molecule has 0 aliphatic heterocycles. The van der Waals surface area contributed by atoms with Gasteiger partial charge < -0.3 is 15.5 Å². The molecule has 0 saturated heterocycles. The lowest BCUT2D eigenvalue weighted by atomic mass is 10.2. The standard InChI is InChI=1S/C13H11BrN6O/c1-7(21)17-10-6-20-5-8(2-3-11(20)19-10)9-4-16-13(15)12(14)18-9/h2-6H,1H3,(H2,15,16)(H,17,21). The van der Waals surface area contributed by atoms with Gasteiger partial charge in [0.2, 0.25) is 5.91 Å². The summed E-state index contributed by atoms with van der Waals surface area (Å²) in [5.41, 5.74) is 7.91. The molecule has 3 heterocycles. The lowest BCUT2D eigenvalue weighted by Crippen LogP contribution is -2.05. The van der Waals surface area contributed by atoms with Gasteiger partial charge in [0.05, 0.1) is 18.1 Å². The van der Waals surface area contributed by atoms with Crippen molar-refractivity contribution in [3.8, 4) is 11.3 Å². The molecular formula is C13H11BrN6O. The van der Waals surface area contributed by atoms with Gasteiger partial charge in [-0.2, -0.15) is 0 Å². The van der Waals surface area contributed by atoms with Gasteiger partial charge in [0.1, 0.15) is 10.3 Å². The monoisotopic (exact) mass is 346 g/mol. The second-order valence-corrected chi connectivity index (χ2v) is 5.17. The maximum Gasteiger partial charge on any atom is 0.222 e. The minimum atomic E-state index is -0.160. The zero-order chi connectivity index (χ0) is 15.0. The molecule has 0 unspecified atom stereocenters. The second kappa shape index (κ2) is 5.13. The minimum Gasteiger partial charge on any atom is -0.381 e. The Balaban J connectivity index is 2.03. The fourth-order valence-corrected chi connectivity index (χ4v) is 2.19. The smallest absolute Gasteiger partial charge is 0.222 e. The molecule has 0 spiro atoms. The SMILES string of the molecule is CC(=O)Nc1cn2cc(-c3cnc(N)c(Br)n3)ccc2n1. The molecule has 0 aliphatic carbocycles. The first-order valence-electron chi connectivity index (χ1n) is 6.07. The maximum atomic E-state index is 11.1. The molecule has 0 aliphatic rings. The lowest BCUT2D eigenvalue weighted by Gasteiger charge is -2.03. The van der Waals surface area contributed by atoms with E-state index in [1.54, 1.807) is 12.4 Å². The molecule has 106 valence electrons. The van der Waals surface area contributed by atoms with Crippen molar-refractivity contribution in [3.05, 3.63) is 35.3 Å². The van der Waals surface area contributed by atoms with Gasteiger partial charge in [-0.15, -0.1) is 0 Å². The van der Waals surface area contributed by atoms with E-state index in [4.69, 9.17) is 5.73 Å². The maximum absolute atomic E-state index is 11.1. The first-order chi connectivity index (χ1) is 10.0. The molecule has 0 atom stereocenters. The highest BCUT2D eigenvalue weighted by atomic mass is 79.9. The number of anilines is 2. The van der Waals surface area contributed by atoms with Crippen LogP contribution in [0.4, 0.5) is 11.6 Å². The third kappa shape index (κ3) is 2.70. The van der Waals surface area contributed by atoms with Crippen molar-refractivity contribution in [2.45, 2.75) is 6.92 Å². The highest BCUT2D eigenvalue weighted by molar-refractivity contribution is 9.10. The van der Waals surface area contributed by atoms with E-state index in [0.29, 0.717) is 21.9 Å². The fraction of sp³-hybridized carbons (Fsp3) is 0.0769. The van der Waals surface area contributed by atoms with Crippen LogP contribution in [0.1, 0.15) is 6.92 Å². The van der Waals surface area contributed by atoms with Gasteiger partial charge in [-0.3, -0.25) is 4.79 Å². The van der Waals surface area contributed by atoms with Gasteiger partial charge >= 0.3 is 0 Å². The van der Waals surface area contributed by atoms with Crippen LogP contribution >= 0.6 is 15.9 Å². The molecule has 0 bridgehead atoms. The van der Waals surface area contributed by atoms with Crippen molar-refractivity contribution in [1.82, 2.24) is 19.4 Å². The van der Waals surface area contributed by atoms with E-state index in [-0.39, 0.29) is 5.91 Å². The van der Waals surface area contributed by atoms with E-state index in [1.807, 2.05) is 22.7 Å². The Morgan fingerprint density at radius 2 is 2.14 bits per heavy atom. The largest absolute Gasteiger partial charge is 0.381 e. The van der Waals surface area contributed by atoms with E-state index in [2.05, 4.69) is 36.2 Å². The molecule has 0 radical (unpaired) electrons. The Morgan fingerprint density at radius 1 is 1.33 bits per heavy atom. The number of carbonyl (C=O) groups excluding carboxylic acids is 1. The van der Waals surface area contributed by atoms with Crippen molar-refractivity contribution in [3.63, 3.8) is 0 Å². The fourth-order valence-electron chi connectivity index (χ4n) is 1.90. The summed E-state index contributed by atoms with van der Waals surface area (Å²) in [6, 6.07) is 3.72. The summed E-state index contributed by atoms with van der Waals surface area (Å²) < 4.78 is 2.32. The van der Waals surface area contributed by atoms with Crippen molar-refractivity contribution in [1.29, 1.82) is 0 Å². The summed E-state index contributed by atoms with van der Waals surface area (Å²) in [7, 11) is 0. The van der Waals surface area contributed by atoms with Crippen LogP contribution in [-0.4, -0.2) is 25.3 Å². The van der Waals surface area contributed by atoms with Crippen LogP contribution in [0.15, 0.2) is 35.3 Å². The quantitative estimate of drug-likeness (QED) is 0.740. The van der Waals surface area contributed by atoms with E-state index >= 15 is 0 Å². The highest BCUT2D eigenvalue weighted by Gasteiger charge is 2.07. The number of aromatic nitrogens is 4. The summed E-state index contributed by atoms with van der Waals surface area (Å²) in [5.74, 6) is 0.687. The number of nitrogens with one attached hydrogen (secondary N) is 1. The second-order valence-electron chi connectivity index (χ2n) is 4.42. The highest BCUT2D eigenvalue weighted by Crippen LogP contribution is 2.22. The molecule has 3 aromatic heterocycles.